The molecule has 0 saturated carbocycles. The predicted octanol–water partition coefficient (Wildman–Crippen LogP) is 2.25. The highest BCUT2D eigenvalue weighted by atomic mass is 19.4. The predicted molar refractivity (Wildman–Crippen MR) is 66.8 cm³/mol. The largest absolute Gasteiger partial charge is 0.573 e. The summed E-state index contributed by atoms with van der Waals surface area (Å²) in [4.78, 5) is 23.2. The lowest BCUT2D eigenvalue weighted by Crippen LogP contribution is -2.41. The van der Waals surface area contributed by atoms with E-state index in [-0.39, 0.29) is 11.3 Å². The number of ether oxygens (including phenoxy) is 1. The van der Waals surface area contributed by atoms with E-state index < -0.39 is 23.9 Å². The van der Waals surface area contributed by atoms with Crippen molar-refractivity contribution in [3.63, 3.8) is 0 Å². The molecule has 0 spiro atoms. The minimum atomic E-state index is -4.80. The van der Waals surface area contributed by atoms with E-state index in [1.807, 2.05) is 0 Å². The molecular formula is C13H9F3N2O4. The van der Waals surface area contributed by atoms with Crippen LogP contribution in [-0.2, 0) is 0 Å². The van der Waals surface area contributed by atoms with Gasteiger partial charge in [0, 0.05) is 5.56 Å². The fraction of sp³-hybridized carbons (Fsp3) is 0.0769. The summed E-state index contributed by atoms with van der Waals surface area (Å²) in [6, 6.07) is 7.10. The molecule has 2 N–H and O–H groups in total. The number of furan rings is 1. The third kappa shape index (κ3) is 4.27. The Morgan fingerprint density at radius 1 is 1.00 bits per heavy atom. The summed E-state index contributed by atoms with van der Waals surface area (Å²) >= 11 is 0. The molecule has 0 bridgehead atoms. The number of rotatable bonds is 3. The van der Waals surface area contributed by atoms with E-state index in [4.69, 9.17) is 4.42 Å². The highest BCUT2D eigenvalue weighted by Gasteiger charge is 2.31. The van der Waals surface area contributed by atoms with Gasteiger partial charge in [0.15, 0.2) is 5.76 Å². The van der Waals surface area contributed by atoms with Crippen LogP contribution in [0.4, 0.5) is 13.2 Å². The summed E-state index contributed by atoms with van der Waals surface area (Å²) < 4.78 is 44.4. The maximum absolute atomic E-state index is 12.0. The third-order valence-corrected chi connectivity index (χ3v) is 2.38. The first kappa shape index (κ1) is 15.4. The normalized spacial score (nSPS) is 10.9. The fourth-order valence-electron chi connectivity index (χ4n) is 1.46. The quantitative estimate of drug-likeness (QED) is 0.852. The molecule has 0 aliphatic carbocycles. The van der Waals surface area contributed by atoms with Gasteiger partial charge in [0.05, 0.1) is 6.26 Å². The van der Waals surface area contributed by atoms with Gasteiger partial charge in [-0.25, -0.2) is 0 Å². The van der Waals surface area contributed by atoms with Gasteiger partial charge < -0.3 is 9.15 Å². The monoisotopic (exact) mass is 314 g/mol. The zero-order valence-corrected chi connectivity index (χ0v) is 10.8. The molecule has 0 radical (unpaired) electrons. The van der Waals surface area contributed by atoms with Gasteiger partial charge in [0.1, 0.15) is 5.75 Å². The zero-order valence-electron chi connectivity index (χ0n) is 10.8. The number of carbonyl (C=O) groups is 2. The molecule has 116 valence electrons. The second kappa shape index (κ2) is 6.20. The van der Waals surface area contributed by atoms with Gasteiger partial charge in [-0.05, 0) is 36.4 Å². The number of carbonyl (C=O) groups excluding carboxylic acids is 2. The Morgan fingerprint density at radius 2 is 1.64 bits per heavy atom. The maximum atomic E-state index is 12.0. The molecule has 0 aliphatic heterocycles. The van der Waals surface area contributed by atoms with Crippen molar-refractivity contribution in [1.82, 2.24) is 10.9 Å². The molecule has 1 aromatic carbocycles. The highest BCUT2D eigenvalue weighted by molar-refractivity contribution is 5.97. The van der Waals surface area contributed by atoms with Crippen molar-refractivity contribution in [2.75, 3.05) is 0 Å². The summed E-state index contributed by atoms with van der Waals surface area (Å²) in [7, 11) is 0. The van der Waals surface area contributed by atoms with Crippen molar-refractivity contribution in [3.05, 3.63) is 54.0 Å². The molecular weight excluding hydrogens is 305 g/mol. The molecule has 0 unspecified atom stereocenters. The van der Waals surface area contributed by atoms with Crippen molar-refractivity contribution in [1.29, 1.82) is 0 Å². The smallest absolute Gasteiger partial charge is 0.459 e. The van der Waals surface area contributed by atoms with E-state index >= 15 is 0 Å². The molecule has 0 saturated heterocycles. The number of hydrogen-bond donors (Lipinski definition) is 2. The van der Waals surface area contributed by atoms with Crippen molar-refractivity contribution in [3.8, 4) is 5.75 Å². The topological polar surface area (TPSA) is 80.6 Å². The van der Waals surface area contributed by atoms with Gasteiger partial charge in [0.25, 0.3) is 5.91 Å². The minimum Gasteiger partial charge on any atom is -0.459 e. The van der Waals surface area contributed by atoms with E-state index in [1.54, 1.807) is 0 Å². The Kier molecular flexibility index (Phi) is 4.35. The lowest BCUT2D eigenvalue weighted by atomic mass is 10.2. The number of amides is 2. The Bertz CT molecular complexity index is 651. The Morgan fingerprint density at radius 3 is 2.18 bits per heavy atom. The van der Waals surface area contributed by atoms with Crippen LogP contribution in [0.25, 0.3) is 0 Å². The summed E-state index contributed by atoms with van der Waals surface area (Å²) in [6.07, 6.45) is -3.52. The van der Waals surface area contributed by atoms with Gasteiger partial charge >= 0.3 is 12.3 Å². The molecule has 2 amide bonds. The van der Waals surface area contributed by atoms with Crippen LogP contribution in [0.3, 0.4) is 0 Å². The van der Waals surface area contributed by atoms with Gasteiger partial charge in [-0.15, -0.1) is 13.2 Å². The third-order valence-electron chi connectivity index (χ3n) is 2.38. The first-order valence-electron chi connectivity index (χ1n) is 5.85. The first-order chi connectivity index (χ1) is 10.3. The Labute approximate surface area is 121 Å². The molecule has 0 aliphatic rings. The molecule has 22 heavy (non-hydrogen) atoms. The van der Waals surface area contributed by atoms with Gasteiger partial charge in [-0.2, -0.15) is 0 Å². The summed E-state index contributed by atoms with van der Waals surface area (Å²) in [5.74, 6) is -1.84. The fourth-order valence-corrected chi connectivity index (χ4v) is 1.46. The second-order valence-corrected chi connectivity index (χ2v) is 3.96. The first-order valence-corrected chi connectivity index (χ1v) is 5.85. The maximum Gasteiger partial charge on any atom is 0.573 e. The van der Waals surface area contributed by atoms with Crippen molar-refractivity contribution in [2.24, 2.45) is 0 Å². The number of hydrogen-bond acceptors (Lipinski definition) is 4. The molecule has 2 rings (SSSR count). The number of benzene rings is 1. The van der Waals surface area contributed by atoms with Gasteiger partial charge in [0.2, 0.25) is 0 Å². The number of hydrazine groups is 1. The van der Waals surface area contributed by atoms with Crippen LogP contribution in [0.1, 0.15) is 20.9 Å². The second-order valence-electron chi connectivity index (χ2n) is 3.96. The van der Waals surface area contributed by atoms with Crippen LogP contribution in [0.15, 0.2) is 47.1 Å². The highest BCUT2D eigenvalue weighted by Crippen LogP contribution is 2.22. The van der Waals surface area contributed by atoms with Crippen LogP contribution in [0, 0.1) is 0 Å². The Balaban J connectivity index is 1.91. The average Bonchev–Trinajstić information content (AvgIpc) is 2.97. The molecule has 2 aromatic rings. The van der Waals surface area contributed by atoms with Crippen LogP contribution in [0.5, 0.6) is 5.75 Å². The van der Waals surface area contributed by atoms with Crippen molar-refractivity contribution >= 4 is 11.8 Å². The summed E-state index contributed by atoms with van der Waals surface area (Å²) in [5, 5.41) is 0. The molecule has 0 fully saturated rings. The van der Waals surface area contributed by atoms with Crippen LogP contribution in [0.2, 0.25) is 0 Å². The zero-order chi connectivity index (χ0) is 16.2. The van der Waals surface area contributed by atoms with Gasteiger partial charge in [-0.1, -0.05) is 0 Å². The van der Waals surface area contributed by atoms with Crippen molar-refractivity contribution < 1.29 is 31.9 Å². The molecule has 1 heterocycles. The van der Waals surface area contributed by atoms with Crippen LogP contribution < -0.4 is 15.6 Å². The summed E-state index contributed by atoms with van der Waals surface area (Å²) in [6.45, 7) is 0. The van der Waals surface area contributed by atoms with E-state index in [0.717, 1.165) is 24.3 Å². The van der Waals surface area contributed by atoms with E-state index in [9.17, 15) is 22.8 Å². The molecule has 6 nitrogen and oxygen atoms in total. The minimum absolute atomic E-state index is 0.00535. The Hall–Kier alpha value is -2.97. The lowest BCUT2D eigenvalue weighted by Gasteiger charge is -2.09. The van der Waals surface area contributed by atoms with Crippen LogP contribution >= 0.6 is 0 Å². The molecule has 0 atom stereocenters. The van der Waals surface area contributed by atoms with E-state index in [0.29, 0.717) is 0 Å². The van der Waals surface area contributed by atoms with E-state index in [2.05, 4.69) is 15.6 Å². The lowest BCUT2D eigenvalue weighted by molar-refractivity contribution is -0.274. The molecule has 9 heteroatoms. The van der Waals surface area contributed by atoms with Crippen LogP contribution in [-0.4, -0.2) is 18.2 Å². The number of nitrogens with one attached hydrogen (secondary N) is 2. The number of halogens is 3. The average molecular weight is 314 g/mol. The SMILES string of the molecule is O=C(NNC(=O)c1ccco1)c1ccc(OC(F)(F)F)cc1. The summed E-state index contributed by atoms with van der Waals surface area (Å²) in [5.41, 5.74) is 4.22. The van der Waals surface area contributed by atoms with Crippen molar-refractivity contribution in [2.45, 2.75) is 6.36 Å². The van der Waals surface area contributed by atoms with Gasteiger partial charge in [-0.3, -0.25) is 20.4 Å². The number of alkyl halides is 3. The standard InChI is InChI=1S/C13H9F3N2O4/c14-13(15,16)22-9-5-3-8(4-6-9)11(19)17-18-12(20)10-2-1-7-21-10/h1-7H,(H,17,19)(H,18,20). The van der Waals surface area contributed by atoms with E-state index in [1.165, 1.54) is 18.4 Å². The molecule has 1 aromatic heterocycles.